The fraction of sp³-hybridized carbons (Fsp3) is 0.357. The molecule has 1 fully saturated rings. The zero-order valence-electron chi connectivity index (χ0n) is 11.7. The first-order valence-corrected chi connectivity index (χ1v) is 6.71. The number of urea groups is 1. The molecule has 2 rings (SSSR count). The summed E-state index contributed by atoms with van der Waals surface area (Å²) in [5.74, 6) is -1.10. The van der Waals surface area contributed by atoms with Crippen molar-refractivity contribution in [3.05, 3.63) is 34.9 Å². The quantitative estimate of drug-likeness (QED) is 0.678. The minimum atomic E-state index is -0.993. The fourth-order valence-electron chi connectivity index (χ4n) is 1.88. The monoisotopic (exact) mass is 310 g/mol. The summed E-state index contributed by atoms with van der Waals surface area (Å²) in [5, 5.41) is 3.08. The van der Waals surface area contributed by atoms with Crippen molar-refractivity contribution in [3.8, 4) is 0 Å². The molecule has 1 aromatic carbocycles. The van der Waals surface area contributed by atoms with Crippen LogP contribution in [-0.2, 0) is 20.9 Å². The van der Waals surface area contributed by atoms with E-state index >= 15 is 0 Å². The molecule has 0 saturated carbocycles. The highest BCUT2D eigenvalue weighted by molar-refractivity contribution is 6.30. The molecule has 1 heterocycles. The van der Waals surface area contributed by atoms with E-state index in [-0.39, 0.29) is 6.61 Å². The Kier molecular flexibility index (Phi) is 4.18. The van der Waals surface area contributed by atoms with Crippen LogP contribution < -0.4 is 5.32 Å². The molecule has 112 valence electrons. The Hall–Kier alpha value is -2.08. The number of nitrogens with one attached hydrogen (secondary N) is 1. The van der Waals surface area contributed by atoms with E-state index in [0.29, 0.717) is 5.02 Å². The van der Waals surface area contributed by atoms with Crippen LogP contribution in [0.3, 0.4) is 0 Å². The first-order valence-electron chi connectivity index (χ1n) is 6.34. The van der Waals surface area contributed by atoms with Crippen molar-refractivity contribution < 1.29 is 19.1 Å². The predicted octanol–water partition coefficient (Wildman–Crippen LogP) is 1.71. The number of benzene rings is 1. The van der Waals surface area contributed by atoms with Gasteiger partial charge in [0.2, 0.25) is 0 Å². The van der Waals surface area contributed by atoms with Gasteiger partial charge in [0.1, 0.15) is 18.7 Å². The number of amides is 3. The molecule has 0 aliphatic carbocycles. The smallest absolute Gasteiger partial charge is 0.326 e. The van der Waals surface area contributed by atoms with Crippen LogP contribution in [0.5, 0.6) is 0 Å². The number of carbonyl (C=O) groups excluding carboxylic acids is 3. The Balaban J connectivity index is 1.89. The van der Waals surface area contributed by atoms with Gasteiger partial charge in [0.25, 0.3) is 5.91 Å². The Morgan fingerprint density at radius 3 is 2.43 bits per heavy atom. The Labute approximate surface area is 127 Å². The molecule has 21 heavy (non-hydrogen) atoms. The lowest BCUT2D eigenvalue weighted by atomic mass is 10.1. The van der Waals surface area contributed by atoms with Crippen LogP contribution >= 0.6 is 11.6 Å². The molecule has 6 nitrogen and oxygen atoms in total. The van der Waals surface area contributed by atoms with E-state index in [9.17, 15) is 14.4 Å². The lowest BCUT2D eigenvalue weighted by Gasteiger charge is -2.15. The Morgan fingerprint density at radius 2 is 1.90 bits per heavy atom. The molecule has 0 atom stereocenters. The molecular weight excluding hydrogens is 296 g/mol. The summed E-state index contributed by atoms with van der Waals surface area (Å²) in [4.78, 5) is 36.1. The number of esters is 1. The second kappa shape index (κ2) is 5.73. The van der Waals surface area contributed by atoms with E-state index in [1.54, 1.807) is 38.1 Å². The fourth-order valence-corrected chi connectivity index (χ4v) is 2.01. The van der Waals surface area contributed by atoms with Crippen LogP contribution in [0, 0.1) is 0 Å². The van der Waals surface area contributed by atoms with Crippen LogP contribution in [0.2, 0.25) is 5.02 Å². The van der Waals surface area contributed by atoms with E-state index in [1.165, 1.54) is 0 Å². The van der Waals surface area contributed by atoms with Crippen LogP contribution in [0.15, 0.2) is 24.3 Å². The van der Waals surface area contributed by atoms with Gasteiger partial charge in [0.05, 0.1) is 0 Å². The number of halogens is 1. The van der Waals surface area contributed by atoms with Gasteiger partial charge in [-0.3, -0.25) is 14.5 Å². The van der Waals surface area contributed by atoms with E-state index in [2.05, 4.69) is 5.32 Å². The summed E-state index contributed by atoms with van der Waals surface area (Å²) in [6.45, 7) is 2.81. The summed E-state index contributed by atoms with van der Waals surface area (Å²) in [6, 6.07) is 6.24. The van der Waals surface area contributed by atoms with Gasteiger partial charge >= 0.3 is 12.0 Å². The lowest BCUT2D eigenvalue weighted by Crippen LogP contribution is -2.41. The molecule has 0 unspecified atom stereocenters. The third-order valence-corrected chi connectivity index (χ3v) is 3.30. The van der Waals surface area contributed by atoms with Gasteiger partial charge in [-0.05, 0) is 31.5 Å². The molecule has 3 amide bonds. The molecule has 1 aliphatic rings. The number of hydrogen-bond acceptors (Lipinski definition) is 4. The van der Waals surface area contributed by atoms with Crippen molar-refractivity contribution in [2.75, 3.05) is 6.54 Å². The number of carbonyl (C=O) groups is 3. The number of hydrogen-bond donors (Lipinski definition) is 1. The minimum absolute atomic E-state index is 0.0586. The van der Waals surface area contributed by atoms with Crippen molar-refractivity contribution in [1.29, 1.82) is 0 Å². The maximum absolute atomic E-state index is 11.9. The molecule has 1 N–H and O–H groups in total. The van der Waals surface area contributed by atoms with E-state index in [4.69, 9.17) is 16.3 Å². The summed E-state index contributed by atoms with van der Waals surface area (Å²) in [6.07, 6.45) is 0. The molecule has 1 aliphatic heterocycles. The van der Waals surface area contributed by atoms with Gasteiger partial charge in [-0.2, -0.15) is 0 Å². The molecule has 0 aromatic heterocycles. The largest absolute Gasteiger partial charge is 0.459 e. The molecule has 1 aromatic rings. The summed E-state index contributed by atoms with van der Waals surface area (Å²) >= 11 is 5.75. The second-order valence-corrected chi connectivity index (χ2v) is 5.67. The zero-order chi connectivity index (χ0) is 15.6. The molecule has 0 bridgehead atoms. The standard InChI is InChI=1S/C14H15ClN2O4/c1-14(2)12(19)17(13(20)16-14)7-11(18)21-8-9-3-5-10(15)6-4-9/h3-6H,7-8H2,1-2H3,(H,16,20). The number of imide groups is 1. The van der Waals surface area contributed by atoms with Gasteiger partial charge in [0.15, 0.2) is 0 Å². The predicted molar refractivity (Wildman–Crippen MR) is 75.6 cm³/mol. The molecular formula is C14H15ClN2O4. The first-order chi connectivity index (χ1) is 9.79. The van der Waals surface area contributed by atoms with Crippen LogP contribution in [0.1, 0.15) is 19.4 Å². The molecule has 1 saturated heterocycles. The summed E-state index contributed by atoms with van der Waals surface area (Å²) in [7, 11) is 0. The molecule has 7 heteroatoms. The topological polar surface area (TPSA) is 75.7 Å². The van der Waals surface area contributed by atoms with Crippen LogP contribution in [0.25, 0.3) is 0 Å². The highest BCUT2D eigenvalue weighted by atomic mass is 35.5. The van der Waals surface area contributed by atoms with Crippen molar-refractivity contribution in [3.63, 3.8) is 0 Å². The lowest BCUT2D eigenvalue weighted by molar-refractivity contribution is -0.148. The number of rotatable bonds is 4. The second-order valence-electron chi connectivity index (χ2n) is 5.23. The molecule has 0 radical (unpaired) electrons. The highest BCUT2D eigenvalue weighted by Gasteiger charge is 2.45. The number of nitrogens with zero attached hydrogens (tertiary/aromatic N) is 1. The Morgan fingerprint density at radius 1 is 1.29 bits per heavy atom. The van der Waals surface area contributed by atoms with Crippen LogP contribution in [-0.4, -0.2) is 34.9 Å². The zero-order valence-corrected chi connectivity index (χ0v) is 12.4. The van der Waals surface area contributed by atoms with Gasteiger partial charge < -0.3 is 10.1 Å². The maximum Gasteiger partial charge on any atom is 0.326 e. The first kappa shape index (κ1) is 15.3. The highest BCUT2D eigenvalue weighted by Crippen LogP contribution is 2.16. The van der Waals surface area contributed by atoms with Crippen molar-refractivity contribution in [1.82, 2.24) is 10.2 Å². The third kappa shape index (κ3) is 3.52. The average molecular weight is 311 g/mol. The summed E-state index contributed by atoms with van der Waals surface area (Å²) < 4.78 is 5.04. The normalized spacial score (nSPS) is 16.8. The number of ether oxygens (including phenoxy) is 1. The molecule has 0 spiro atoms. The van der Waals surface area contributed by atoms with Crippen LogP contribution in [0.4, 0.5) is 4.79 Å². The van der Waals surface area contributed by atoms with E-state index < -0.39 is 30.0 Å². The SMILES string of the molecule is CC1(C)NC(=O)N(CC(=O)OCc2ccc(Cl)cc2)C1=O. The minimum Gasteiger partial charge on any atom is -0.459 e. The Bertz CT molecular complexity index is 583. The van der Waals surface area contributed by atoms with Gasteiger partial charge in [-0.1, -0.05) is 23.7 Å². The third-order valence-electron chi connectivity index (χ3n) is 3.04. The van der Waals surface area contributed by atoms with Crippen molar-refractivity contribution in [2.45, 2.75) is 26.0 Å². The van der Waals surface area contributed by atoms with E-state index in [1.807, 2.05) is 0 Å². The van der Waals surface area contributed by atoms with E-state index in [0.717, 1.165) is 10.5 Å². The summed E-state index contributed by atoms with van der Waals surface area (Å²) in [5.41, 5.74) is -0.224. The van der Waals surface area contributed by atoms with Gasteiger partial charge in [-0.15, -0.1) is 0 Å². The van der Waals surface area contributed by atoms with Crippen molar-refractivity contribution >= 4 is 29.5 Å². The average Bonchev–Trinajstić information content (AvgIpc) is 2.60. The van der Waals surface area contributed by atoms with Gasteiger partial charge in [0, 0.05) is 5.02 Å². The van der Waals surface area contributed by atoms with Crippen molar-refractivity contribution in [2.24, 2.45) is 0 Å². The maximum atomic E-state index is 11.9. The van der Waals surface area contributed by atoms with Gasteiger partial charge in [-0.25, -0.2) is 4.79 Å².